The van der Waals surface area contributed by atoms with E-state index < -0.39 is 0 Å². The first-order chi connectivity index (χ1) is 9.70. The molecule has 1 heterocycles. The standard InChI is InChI=1S/C15H15BrClNO2/c16-11-1-4-14(17)15(6-11)20-9-13-5-10(8-19-13)7-18-12-2-3-12/h1,4-6,8,12,18H,2-3,7,9H2. The van der Waals surface area contributed by atoms with E-state index in [2.05, 4.69) is 21.2 Å². The Morgan fingerprint density at radius 1 is 1.35 bits per heavy atom. The van der Waals surface area contributed by atoms with Crippen LogP contribution >= 0.6 is 27.5 Å². The monoisotopic (exact) mass is 355 g/mol. The van der Waals surface area contributed by atoms with Crippen LogP contribution < -0.4 is 10.1 Å². The van der Waals surface area contributed by atoms with Crippen LogP contribution in [0.5, 0.6) is 5.75 Å². The number of furan rings is 1. The summed E-state index contributed by atoms with van der Waals surface area (Å²) in [5.41, 5.74) is 1.15. The van der Waals surface area contributed by atoms with Crippen molar-refractivity contribution in [3.05, 3.63) is 51.3 Å². The van der Waals surface area contributed by atoms with E-state index in [1.807, 2.05) is 18.2 Å². The molecule has 0 aliphatic heterocycles. The van der Waals surface area contributed by atoms with Crippen LogP contribution in [0.4, 0.5) is 0 Å². The van der Waals surface area contributed by atoms with E-state index in [4.69, 9.17) is 20.8 Å². The van der Waals surface area contributed by atoms with Gasteiger partial charge in [-0.3, -0.25) is 0 Å². The van der Waals surface area contributed by atoms with E-state index >= 15 is 0 Å². The van der Waals surface area contributed by atoms with Gasteiger partial charge in [-0.15, -0.1) is 0 Å². The molecule has 1 saturated carbocycles. The lowest BCUT2D eigenvalue weighted by Gasteiger charge is -2.06. The fourth-order valence-corrected chi connectivity index (χ4v) is 2.39. The van der Waals surface area contributed by atoms with Crippen LogP contribution in [0.3, 0.4) is 0 Å². The molecule has 0 saturated heterocycles. The number of hydrogen-bond acceptors (Lipinski definition) is 3. The Labute approximate surface area is 131 Å². The molecule has 1 N–H and O–H groups in total. The lowest BCUT2D eigenvalue weighted by molar-refractivity contribution is 0.270. The Bertz CT molecular complexity index is 595. The van der Waals surface area contributed by atoms with E-state index in [0.717, 1.165) is 22.3 Å². The van der Waals surface area contributed by atoms with E-state index in [9.17, 15) is 0 Å². The first kappa shape index (κ1) is 14.0. The van der Waals surface area contributed by atoms with Gasteiger partial charge in [-0.05, 0) is 37.1 Å². The Morgan fingerprint density at radius 3 is 3.00 bits per heavy atom. The second kappa shape index (κ2) is 6.20. The lowest BCUT2D eigenvalue weighted by Crippen LogP contribution is -2.14. The van der Waals surface area contributed by atoms with Gasteiger partial charge in [0.1, 0.15) is 18.1 Å². The molecule has 1 aromatic carbocycles. The maximum atomic E-state index is 6.07. The van der Waals surface area contributed by atoms with Crippen molar-refractivity contribution >= 4 is 27.5 Å². The van der Waals surface area contributed by atoms with Gasteiger partial charge in [-0.2, -0.15) is 0 Å². The maximum Gasteiger partial charge on any atom is 0.146 e. The number of rotatable bonds is 6. The van der Waals surface area contributed by atoms with Crippen molar-refractivity contribution in [2.75, 3.05) is 0 Å². The highest BCUT2D eigenvalue weighted by atomic mass is 79.9. The summed E-state index contributed by atoms with van der Waals surface area (Å²) in [5, 5.41) is 4.04. The Morgan fingerprint density at radius 2 is 2.20 bits per heavy atom. The highest BCUT2D eigenvalue weighted by Gasteiger charge is 2.20. The molecule has 0 spiro atoms. The van der Waals surface area contributed by atoms with Crippen molar-refractivity contribution in [2.24, 2.45) is 0 Å². The van der Waals surface area contributed by atoms with Gasteiger partial charge in [0.05, 0.1) is 11.3 Å². The highest BCUT2D eigenvalue weighted by molar-refractivity contribution is 9.10. The third kappa shape index (κ3) is 3.78. The summed E-state index contributed by atoms with van der Waals surface area (Å²) in [6.07, 6.45) is 4.35. The van der Waals surface area contributed by atoms with Crippen molar-refractivity contribution < 1.29 is 9.15 Å². The van der Waals surface area contributed by atoms with Gasteiger partial charge in [0.15, 0.2) is 0 Å². The van der Waals surface area contributed by atoms with Crippen LogP contribution in [0.25, 0.3) is 0 Å². The Hall–Kier alpha value is -0.970. The normalized spacial score (nSPS) is 14.5. The predicted octanol–water partition coefficient (Wildman–Crippen LogP) is 4.53. The summed E-state index contributed by atoms with van der Waals surface area (Å²) in [4.78, 5) is 0. The van der Waals surface area contributed by atoms with Crippen molar-refractivity contribution in [1.29, 1.82) is 0 Å². The van der Waals surface area contributed by atoms with E-state index in [1.165, 1.54) is 12.8 Å². The number of nitrogens with one attached hydrogen (secondary N) is 1. The zero-order valence-corrected chi connectivity index (χ0v) is 13.2. The molecule has 20 heavy (non-hydrogen) atoms. The molecule has 1 fully saturated rings. The molecular formula is C15H15BrClNO2. The molecular weight excluding hydrogens is 342 g/mol. The zero-order chi connectivity index (χ0) is 13.9. The molecule has 3 nitrogen and oxygen atoms in total. The summed E-state index contributed by atoms with van der Waals surface area (Å²) in [6.45, 7) is 1.23. The maximum absolute atomic E-state index is 6.07. The summed E-state index contributed by atoms with van der Waals surface area (Å²) in [6, 6.07) is 8.24. The molecule has 2 aromatic rings. The lowest BCUT2D eigenvalue weighted by atomic mass is 10.3. The average Bonchev–Trinajstić information content (AvgIpc) is 3.16. The first-order valence-electron chi connectivity index (χ1n) is 6.58. The van der Waals surface area contributed by atoms with Crippen LogP contribution in [0, 0.1) is 0 Å². The van der Waals surface area contributed by atoms with Gasteiger partial charge in [-0.25, -0.2) is 0 Å². The first-order valence-corrected chi connectivity index (χ1v) is 7.75. The summed E-state index contributed by atoms with van der Waals surface area (Å²) >= 11 is 9.47. The van der Waals surface area contributed by atoms with Gasteiger partial charge in [0.2, 0.25) is 0 Å². The van der Waals surface area contributed by atoms with Crippen LogP contribution in [0.2, 0.25) is 5.02 Å². The third-order valence-electron chi connectivity index (χ3n) is 3.14. The summed E-state index contributed by atoms with van der Waals surface area (Å²) in [7, 11) is 0. The minimum atomic E-state index is 0.375. The fraction of sp³-hybridized carbons (Fsp3) is 0.333. The number of hydrogen-bond donors (Lipinski definition) is 1. The molecule has 5 heteroatoms. The topological polar surface area (TPSA) is 34.4 Å². The number of benzene rings is 1. The van der Waals surface area contributed by atoms with Gasteiger partial charge in [-0.1, -0.05) is 27.5 Å². The number of ether oxygens (including phenoxy) is 1. The fourth-order valence-electron chi connectivity index (χ4n) is 1.88. The van der Waals surface area contributed by atoms with Crippen molar-refractivity contribution in [3.8, 4) is 5.75 Å². The minimum absolute atomic E-state index is 0.375. The van der Waals surface area contributed by atoms with Crippen molar-refractivity contribution in [1.82, 2.24) is 5.32 Å². The highest BCUT2D eigenvalue weighted by Crippen LogP contribution is 2.28. The second-order valence-corrected chi connectivity index (χ2v) is 6.26. The largest absolute Gasteiger partial charge is 0.484 e. The quantitative estimate of drug-likeness (QED) is 0.826. The molecule has 0 amide bonds. The molecule has 0 radical (unpaired) electrons. The van der Waals surface area contributed by atoms with Crippen molar-refractivity contribution in [3.63, 3.8) is 0 Å². The molecule has 106 valence electrons. The Balaban J connectivity index is 1.55. The van der Waals surface area contributed by atoms with E-state index in [-0.39, 0.29) is 0 Å². The SMILES string of the molecule is Clc1ccc(Br)cc1OCc1cc(CNC2CC2)co1. The predicted molar refractivity (Wildman–Crippen MR) is 82.1 cm³/mol. The van der Waals surface area contributed by atoms with Crippen LogP contribution in [0.15, 0.2) is 39.4 Å². The van der Waals surface area contributed by atoms with E-state index in [1.54, 1.807) is 12.3 Å². The number of halogens is 2. The van der Waals surface area contributed by atoms with Gasteiger partial charge in [0, 0.05) is 22.6 Å². The second-order valence-electron chi connectivity index (χ2n) is 4.94. The molecule has 0 bridgehead atoms. The van der Waals surface area contributed by atoms with Gasteiger partial charge < -0.3 is 14.5 Å². The van der Waals surface area contributed by atoms with Crippen LogP contribution in [-0.4, -0.2) is 6.04 Å². The minimum Gasteiger partial charge on any atom is -0.484 e. The van der Waals surface area contributed by atoms with Crippen LogP contribution in [-0.2, 0) is 13.2 Å². The molecule has 1 aromatic heterocycles. The van der Waals surface area contributed by atoms with Gasteiger partial charge >= 0.3 is 0 Å². The van der Waals surface area contributed by atoms with E-state index in [0.29, 0.717) is 23.4 Å². The Kier molecular flexibility index (Phi) is 4.34. The zero-order valence-electron chi connectivity index (χ0n) is 10.9. The summed E-state index contributed by atoms with van der Waals surface area (Å²) in [5.74, 6) is 1.45. The van der Waals surface area contributed by atoms with Crippen molar-refractivity contribution in [2.45, 2.75) is 32.0 Å². The smallest absolute Gasteiger partial charge is 0.146 e. The van der Waals surface area contributed by atoms with Gasteiger partial charge in [0.25, 0.3) is 0 Å². The average molecular weight is 357 g/mol. The molecule has 3 rings (SSSR count). The molecule has 1 aliphatic rings. The van der Waals surface area contributed by atoms with Crippen LogP contribution in [0.1, 0.15) is 24.2 Å². The summed E-state index contributed by atoms with van der Waals surface area (Å²) < 4.78 is 12.1. The molecule has 1 aliphatic carbocycles. The molecule has 0 unspecified atom stereocenters. The molecule has 0 atom stereocenters. The third-order valence-corrected chi connectivity index (χ3v) is 3.95.